The molecule has 68 heavy (non-hydrogen) atoms. The van der Waals surface area contributed by atoms with Gasteiger partial charge in [-0.1, -0.05) is 268 Å². The Morgan fingerprint density at radius 3 is 0.956 bits per heavy atom. The zero-order chi connectivity index (χ0) is 49.3. The fourth-order valence-corrected chi connectivity index (χ4v) is 8.39. The number of allylic oxidation sites excluding steroid dienone is 10. The highest BCUT2D eigenvalue weighted by Crippen LogP contribution is 2.16. The van der Waals surface area contributed by atoms with Gasteiger partial charge >= 0.3 is 17.9 Å². The minimum atomic E-state index is -0.807. The van der Waals surface area contributed by atoms with Crippen molar-refractivity contribution >= 4 is 17.9 Å². The van der Waals surface area contributed by atoms with Crippen LogP contribution in [0.25, 0.3) is 0 Å². The first-order valence-electron chi connectivity index (χ1n) is 29.3. The number of carbonyl (C=O) groups is 3. The van der Waals surface area contributed by atoms with E-state index in [-0.39, 0.29) is 37.5 Å². The van der Waals surface area contributed by atoms with Crippen LogP contribution in [0.15, 0.2) is 60.8 Å². The molecule has 0 spiro atoms. The van der Waals surface area contributed by atoms with Gasteiger partial charge in [-0.2, -0.15) is 0 Å². The highest BCUT2D eigenvalue weighted by Gasteiger charge is 2.19. The van der Waals surface area contributed by atoms with Crippen LogP contribution < -0.4 is 0 Å². The van der Waals surface area contributed by atoms with Gasteiger partial charge in [0, 0.05) is 19.3 Å². The van der Waals surface area contributed by atoms with Gasteiger partial charge in [0.15, 0.2) is 6.10 Å². The molecule has 1 atom stereocenters. The molecule has 0 heterocycles. The second-order valence-corrected chi connectivity index (χ2v) is 19.5. The summed E-state index contributed by atoms with van der Waals surface area (Å²) in [5.74, 6) is -0.978. The predicted octanol–water partition coefficient (Wildman–Crippen LogP) is 19.6. The number of carbonyl (C=O) groups excluding carboxylic acids is 3. The quantitative estimate of drug-likeness (QED) is 0.0262. The molecule has 394 valence electrons. The largest absolute Gasteiger partial charge is 0.462 e. The number of ether oxygens (including phenoxy) is 3. The Bertz CT molecular complexity index is 1230. The average molecular weight is 952 g/mol. The van der Waals surface area contributed by atoms with Crippen LogP contribution in [-0.4, -0.2) is 37.2 Å². The number of rotatable bonds is 53. The number of unbranched alkanes of at least 4 members (excludes halogenated alkanes) is 32. The lowest BCUT2D eigenvalue weighted by Crippen LogP contribution is -2.30. The van der Waals surface area contributed by atoms with Crippen molar-refractivity contribution in [3.63, 3.8) is 0 Å². The summed E-state index contributed by atoms with van der Waals surface area (Å²) >= 11 is 0. The fraction of sp³-hybridized carbons (Fsp3) is 0.790. The van der Waals surface area contributed by atoms with Gasteiger partial charge in [0.25, 0.3) is 0 Å². The summed E-state index contributed by atoms with van der Waals surface area (Å²) in [6, 6.07) is 0. The summed E-state index contributed by atoms with van der Waals surface area (Å²) in [6.07, 6.45) is 71.3. The van der Waals surface area contributed by atoms with Crippen LogP contribution in [0.3, 0.4) is 0 Å². The molecular formula is C62H110O6. The lowest BCUT2D eigenvalue weighted by Gasteiger charge is -2.18. The summed E-state index contributed by atoms with van der Waals surface area (Å²) in [7, 11) is 0. The van der Waals surface area contributed by atoms with Gasteiger partial charge < -0.3 is 14.2 Å². The SMILES string of the molecule is CC/C=C\C/C=C\C/C=C\C/C=C\CCC(=O)OC(COC(=O)CCCCCCCCCC)COC(=O)CCCCCCCCCCCCCCCCCCC/C=C\CCCCCCCCCC. The molecular weight excluding hydrogens is 841 g/mol. The second kappa shape index (κ2) is 56.7. The normalized spacial score (nSPS) is 12.5. The van der Waals surface area contributed by atoms with Crippen LogP contribution in [0.5, 0.6) is 0 Å². The summed E-state index contributed by atoms with van der Waals surface area (Å²) in [6.45, 7) is 6.45. The van der Waals surface area contributed by atoms with Crippen molar-refractivity contribution in [1.82, 2.24) is 0 Å². The first-order chi connectivity index (χ1) is 33.5. The third kappa shape index (κ3) is 54.1. The van der Waals surface area contributed by atoms with Crippen LogP contribution in [0.2, 0.25) is 0 Å². The molecule has 0 aliphatic carbocycles. The molecule has 0 N–H and O–H groups in total. The Morgan fingerprint density at radius 1 is 0.309 bits per heavy atom. The van der Waals surface area contributed by atoms with E-state index in [0.29, 0.717) is 19.3 Å². The minimum absolute atomic E-state index is 0.0999. The maximum absolute atomic E-state index is 12.7. The summed E-state index contributed by atoms with van der Waals surface area (Å²) < 4.78 is 16.7. The highest BCUT2D eigenvalue weighted by atomic mass is 16.6. The molecule has 0 rings (SSSR count). The number of esters is 3. The van der Waals surface area contributed by atoms with E-state index in [1.807, 2.05) is 12.2 Å². The van der Waals surface area contributed by atoms with Crippen LogP contribution in [0, 0.1) is 0 Å². The molecule has 0 radical (unpaired) electrons. The summed E-state index contributed by atoms with van der Waals surface area (Å²) in [5.41, 5.74) is 0. The zero-order valence-electron chi connectivity index (χ0n) is 45.1. The molecule has 0 fully saturated rings. The van der Waals surface area contributed by atoms with E-state index in [0.717, 1.165) is 64.2 Å². The summed E-state index contributed by atoms with van der Waals surface area (Å²) in [4.78, 5) is 37.9. The van der Waals surface area contributed by atoms with Crippen molar-refractivity contribution in [2.24, 2.45) is 0 Å². The molecule has 1 unspecified atom stereocenters. The Hall–Kier alpha value is -2.89. The lowest BCUT2D eigenvalue weighted by molar-refractivity contribution is -0.166. The molecule has 0 aromatic carbocycles. The van der Waals surface area contributed by atoms with Gasteiger partial charge in [-0.3, -0.25) is 14.4 Å². The van der Waals surface area contributed by atoms with Crippen LogP contribution in [0.4, 0.5) is 0 Å². The van der Waals surface area contributed by atoms with Gasteiger partial charge in [-0.05, 0) is 70.6 Å². The van der Waals surface area contributed by atoms with Gasteiger partial charge in [0.05, 0.1) is 0 Å². The highest BCUT2D eigenvalue weighted by molar-refractivity contribution is 5.71. The molecule has 0 aliphatic rings. The molecule has 0 aromatic heterocycles. The van der Waals surface area contributed by atoms with Gasteiger partial charge in [0.1, 0.15) is 13.2 Å². The maximum atomic E-state index is 12.7. The first kappa shape index (κ1) is 65.1. The van der Waals surface area contributed by atoms with Crippen molar-refractivity contribution in [3.05, 3.63) is 60.8 Å². The van der Waals surface area contributed by atoms with Crippen molar-refractivity contribution in [3.8, 4) is 0 Å². The third-order valence-electron chi connectivity index (χ3n) is 12.8. The standard InChI is InChI=1S/C62H110O6/c1-4-7-10-13-16-19-21-23-24-25-26-27-28-29-30-31-32-33-34-35-36-37-38-40-41-43-46-49-52-55-61(64)67-58-59(57-66-60(63)54-51-48-45-18-15-12-9-6-3)68-62(65)56-53-50-47-44-42-39-22-20-17-14-11-8-5-2/h8,11,17,20,25-26,39,42,47,50,59H,4-7,9-10,12-16,18-19,21-24,27-38,40-41,43-46,48-49,51-58H2,1-3H3/b11-8-,20-17-,26-25-,42-39-,50-47-. The van der Waals surface area contributed by atoms with E-state index in [1.54, 1.807) is 0 Å². The predicted molar refractivity (Wildman–Crippen MR) is 293 cm³/mol. The second-order valence-electron chi connectivity index (χ2n) is 19.5. The van der Waals surface area contributed by atoms with E-state index in [9.17, 15) is 14.4 Å². The molecule has 0 amide bonds. The lowest BCUT2D eigenvalue weighted by atomic mass is 10.0. The summed E-state index contributed by atoms with van der Waals surface area (Å²) in [5, 5.41) is 0. The van der Waals surface area contributed by atoms with Crippen LogP contribution >= 0.6 is 0 Å². The monoisotopic (exact) mass is 951 g/mol. The Labute approximate surface area is 421 Å². The van der Waals surface area contributed by atoms with Crippen molar-refractivity contribution in [2.45, 2.75) is 303 Å². The van der Waals surface area contributed by atoms with Crippen molar-refractivity contribution in [2.75, 3.05) is 13.2 Å². The minimum Gasteiger partial charge on any atom is -0.462 e. The third-order valence-corrected chi connectivity index (χ3v) is 12.8. The van der Waals surface area contributed by atoms with Crippen molar-refractivity contribution < 1.29 is 28.6 Å². The van der Waals surface area contributed by atoms with E-state index in [4.69, 9.17) is 14.2 Å². The van der Waals surface area contributed by atoms with E-state index >= 15 is 0 Å². The Kier molecular flexibility index (Phi) is 54.3. The topological polar surface area (TPSA) is 78.9 Å². The molecule has 0 saturated carbocycles. The first-order valence-corrected chi connectivity index (χ1v) is 29.3. The molecule has 6 nitrogen and oxygen atoms in total. The average Bonchev–Trinajstić information content (AvgIpc) is 3.34. The Balaban J connectivity index is 4.08. The van der Waals surface area contributed by atoms with Gasteiger partial charge in [0.2, 0.25) is 0 Å². The molecule has 0 saturated heterocycles. The zero-order valence-corrected chi connectivity index (χ0v) is 45.1. The molecule has 0 aromatic rings. The van der Waals surface area contributed by atoms with E-state index < -0.39 is 6.10 Å². The van der Waals surface area contributed by atoms with Gasteiger partial charge in [-0.25, -0.2) is 0 Å². The molecule has 0 bridgehead atoms. The fourth-order valence-electron chi connectivity index (χ4n) is 8.39. The maximum Gasteiger partial charge on any atom is 0.306 e. The molecule has 6 heteroatoms. The van der Waals surface area contributed by atoms with Crippen molar-refractivity contribution in [1.29, 1.82) is 0 Å². The smallest absolute Gasteiger partial charge is 0.306 e. The molecule has 0 aliphatic heterocycles. The number of hydrogen-bond acceptors (Lipinski definition) is 6. The number of hydrogen-bond donors (Lipinski definition) is 0. The van der Waals surface area contributed by atoms with Crippen LogP contribution in [-0.2, 0) is 28.6 Å². The van der Waals surface area contributed by atoms with E-state index in [1.165, 1.54) is 186 Å². The van der Waals surface area contributed by atoms with Gasteiger partial charge in [-0.15, -0.1) is 0 Å². The van der Waals surface area contributed by atoms with E-state index in [2.05, 4.69) is 69.4 Å². The van der Waals surface area contributed by atoms with Crippen LogP contribution in [0.1, 0.15) is 297 Å². The Morgan fingerprint density at radius 2 is 0.603 bits per heavy atom.